The van der Waals surface area contributed by atoms with Crippen molar-refractivity contribution in [2.75, 3.05) is 19.8 Å². The van der Waals surface area contributed by atoms with Crippen LogP contribution in [0.5, 0.6) is 0 Å². The van der Waals surface area contributed by atoms with Crippen LogP contribution in [0.15, 0.2) is 24.3 Å². The van der Waals surface area contributed by atoms with E-state index in [0.717, 1.165) is 25.7 Å². The Morgan fingerprint density at radius 1 is 0.941 bits per heavy atom. The SMILES string of the molecule is CCC=CCCOCC(=O)OCCC=CCC. The average molecular weight is 240 g/mol. The summed E-state index contributed by atoms with van der Waals surface area (Å²) in [6.07, 6.45) is 11.9. The molecule has 0 N–H and O–H groups in total. The molecule has 0 aromatic rings. The minimum atomic E-state index is -0.283. The Kier molecular flexibility index (Phi) is 12.1. The Balaban J connectivity index is 3.29. The standard InChI is InChI=1S/C14H24O3/c1-3-5-7-9-11-16-13-14(15)17-12-10-8-6-4-2/h5-8H,3-4,9-13H2,1-2H3. The molecule has 3 nitrogen and oxygen atoms in total. The van der Waals surface area contributed by atoms with Crippen LogP contribution >= 0.6 is 0 Å². The van der Waals surface area contributed by atoms with Crippen molar-refractivity contribution in [3.8, 4) is 0 Å². The van der Waals surface area contributed by atoms with E-state index in [-0.39, 0.29) is 12.6 Å². The van der Waals surface area contributed by atoms with Gasteiger partial charge in [-0.2, -0.15) is 0 Å². The number of carbonyl (C=O) groups is 1. The zero-order chi connectivity index (χ0) is 12.8. The lowest BCUT2D eigenvalue weighted by molar-refractivity contribution is -0.148. The number of hydrogen-bond donors (Lipinski definition) is 0. The van der Waals surface area contributed by atoms with Crippen molar-refractivity contribution in [3.05, 3.63) is 24.3 Å². The van der Waals surface area contributed by atoms with Gasteiger partial charge in [-0.15, -0.1) is 0 Å². The van der Waals surface area contributed by atoms with E-state index >= 15 is 0 Å². The number of rotatable bonds is 10. The normalized spacial score (nSPS) is 11.4. The summed E-state index contributed by atoms with van der Waals surface area (Å²) in [5.41, 5.74) is 0. The average Bonchev–Trinajstić information content (AvgIpc) is 2.33. The van der Waals surface area contributed by atoms with Gasteiger partial charge >= 0.3 is 5.97 Å². The Morgan fingerprint density at radius 2 is 1.53 bits per heavy atom. The van der Waals surface area contributed by atoms with E-state index in [1.807, 2.05) is 6.08 Å². The Bertz CT molecular complexity index is 232. The summed E-state index contributed by atoms with van der Waals surface area (Å²) in [5, 5.41) is 0. The largest absolute Gasteiger partial charge is 0.464 e. The Morgan fingerprint density at radius 3 is 2.12 bits per heavy atom. The Labute approximate surface area is 104 Å². The number of allylic oxidation sites excluding steroid dienone is 2. The highest BCUT2D eigenvalue weighted by molar-refractivity contribution is 5.70. The first-order chi connectivity index (χ1) is 8.31. The predicted molar refractivity (Wildman–Crippen MR) is 69.9 cm³/mol. The van der Waals surface area contributed by atoms with Crippen LogP contribution in [0.1, 0.15) is 39.5 Å². The smallest absolute Gasteiger partial charge is 0.332 e. The van der Waals surface area contributed by atoms with E-state index in [1.165, 1.54) is 0 Å². The predicted octanol–water partition coefficient (Wildman–Crippen LogP) is 3.26. The van der Waals surface area contributed by atoms with E-state index in [1.54, 1.807) is 0 Å². The quantitative estimate of drug-likeness (QED) is 0.334. The zero-order valence-corrected chi connectivity index (χ0v) is 11.0. The first kappa shape index (κ1) is 15.9. The molecule has 0 atom stereocenters. The maximum atomic E-state index is 11.2. The van der Waals surface area contributed by atoms with E-state index in [2.05, 4.69) is 32.1 Å². The molecule has 3 heteroatoms. The van der Waals surface area contributed by atoms with Gasteiger partial charge in [0, 0.05) is 0 Å². The van der Waals surface area contributed by atoms with E-state index in [9.17, 15) is 4.79 Å². The maximum Gasteiger partial charge on any atom is 0.332 e. The third-order valence-corrected chi connectivity index (χ3v) is 2.00. The molecule has 0 aliphatic heterocycles. The molecule has 0 heterocycles. The molecule has 0 rings (SSSR count). The molecule has 0 aromatic carbocycles. The zero-order valence-electron chi connectivity index (χ0n) is 11.0. The van der Waals surface area contributed by atoms with Gasteiger partial charge in [-0.1, -0.05) is 38.2 Å². The topological polar surface area (TPSA) is 35.5 Å². The summed E-state index contributed by atoms with van der Waals surface area (Å²) in [7, 11) is 0. The lowest BCUT2D eigenvalue weighted by Gasteiger charge is -2.03. The summed E-state index contributed by atoms with van der Waals surface area (Å²) in [4.78, 5) is 11.2. The van der Waals surface area contributed by atoms with Crippen molar-refractivity contribution in [1.82, 2.24) is 0 Å². The summed E-state index contributed by atoms with van der Waals surface area (Å²) in [6, 6.07) is 0. The van der Waals surface area contributed by atoms with Gasteiger partial charge in [-0.3, -0.25) is 0 Å². The molecule has 0 unspecified atom stereocenters. The highest BCUT2D eigenvalue weighted by Crippen LogP contribution is 1.91. The van der Waals surface area contributed by atoms with Crippen molar-refractivity contribution in [2.24, 2.45) is 0 Å². The van der Waals surface area contributed by atoms with Gasteiger partial charge < -0.3 is 9.47 Å². The number of hydrogen-bond acceptors (Lipinski definition) is 3. The van der Waals surface area contributed by atoms with Crippen molar-refractivity contribution in [3.63, 3.8) is 0 Å². The van der Waals surface area contributed by atoms with Crippen molar-refractivity contribution < 1.29 is 14.3 Å². The van der Waals surface area contributed by atoms with Gasteiger partial charge in [-0.05, 0) is 25.7 Å². The van der Waals surface area contributed by atoms with Crippen LogP contribution in [-0.2, 0) is 14.3 Å². The first-order valence-electron chi connectivity index (χ1n) is 6.34. The molecular weight excluding hydrogens is 216 g/mol. The minimum absolute atomic E-state index is 0.0530. The third-order valence-electron chi connectivity index (χ3n) is 2.00. The molecule has 0 amide bonds. The van der Waals surface area contributed by atoms with Crippen LogP contribution in [0.4, 0.5) is 0 Å². The highest BCUT2D eigenvalue weighted by Gasteiger charge is 2.00. The van der Waals surface area contributed by atoms with Gasteiger partial charge in [-0.25, -0.2) is 4.79 Å². The fourth-order valence-electron chi connectivity index (χ4n) is 1.16. The van der Waals surface area contributed by atoms with Crippen LogP contribution < -0.4 is 0 Å². The molecule has 17 heavy (non-hydrogen) atoms. The molecule has 0 spiro atoms. The molecular formula is C14H24O3. The Hall–Kier alpha value is -1.09. The summed E-state index contributed by atoms with van der Waals surface area (Å²) in [6.45, 7) is 5.22. The molecule has 0 aromatic heterocycles. The molecule has 0 radical (unpaired) electrons. The number of esters is 1. The molecule has 0 fully saturated rings. The van der Waals surface area contributed by atoms with Crippen LogP contribution in [-0.4, -0.2) is 25.8 Å². The second kappa shape index (κ2) is 13.0. The van der Waals surface area contributed by atoms with Crippen LogP contribution in [0.3, 0.4) is 0 Å². The first-order valence-corrected chi connectivity index (χ1v) is 6.34. The summed E-state index contributed by atoms with van der Waals surface area (Å²) in [5.74, 6) is -0.283. The molecule has 0 bridgehead atoms. The van der Waals surface area contributed by atoms with E-state index in [4.69, 9.17) is 9.47 Å². The highest BCUT2D eigenvalue weighted by atomic mass is 16.6. The monoisotopic (exact) mass is 240 g/mol. The van der Waals surface area contributed by atoms with Gasteiger partial charge in [0.05, 0.1) is 13.2 Å². The second-order valence-electron chi connectivity index (χ2n) is 3.61. The number of ether oxygens (including phenoxy) is 2. The molecule has 0 aliphatic carbocycles. The van der Waals surface area contributed by atoms with E-state index < -0.39 is 0 Å². The molecule has 0 saturated carbocycles. The molecule has 98 valence electrons. The van der Waals surface area contributed by atoms with E-state index in [0.29, 0.717) is 13.2 Å². The van der Waals surface area contributed by atoms with Gasteiger partial charge in [0.1, 0.15) is 6.61 Å². The number of carbonyl (C=O) groups excluding carboxylic acids is 1. The van der Waals surface area contributed by atoms with Crippen molar-refractivity contribution in [2.45, 2.75) is 39.5 Å². The van der Waals surface area contributed by atoms with Crippen molar-refractivity contribution >= 4 is 5.97 Å². The maximum absolute atomic E-state index is 11.2. The molecule has 0 saturated heterocycles. The third kappa shape index (κ3) is 12.8. The summed E-state index contributed by atoms with van der Waals surface area (Å²) >= 11 is 0. The fraction of sp³-hybridized carbons (Fsp3) is 0.643. The van der Waals surface area contributed by atoms with Crippen LogP contribution in [0, 0.1) is 0 Å². The van der Waals surface area contributed by atoms with Gasteiger partial charge in [0.25, 0.3) is 0 Å². The van der Waals surface area contributed by atoms with Crippen molar-refractivity contribution in [1.29, 1.82) is 0 Å². The van der Waals surface area contributed by atoms with Crippen LogP contribution in [0.25, 0.3) is 0 Å². The van der Waals surface area contributed by atoms with Gasteiger partial charge in [0.15, 0.2) is 0 Å². The van der Waals surface area contributed by atoms with Crippen LogP contribution in [0.2, 0.25) is 0 Å². The summed E-state index contributed by atoms with van der Waals surface area (Å²) < 4.78 is 10.2. The minimum Gasteiger partial charge on any atom is -0.464 e. The lowest BCUT2D eigenvalue weighted by atomic mass is 10.3. The second-order valence-corrected chi connectivity index (χ2v) is 3.61. The lowest BCUT2D eigenvalue weighted by Crippen LogP contribution is -2.13. The molecule has 0 aliphatic rings. The fourth-order valence-corrected chi connectivity index (χ4v) is 1.16. The van der Waals surface area contributed by atoms with Gasteiger partial charge in [0.2, 0.25) is 0 Å².